The Labute approximate surface area is 154 Å². The summed E-state index contributed by atoms with van der Waals surface area (Å²) >= 11 is 0. The van der Waals surface area contributed by atoms with Crippen molar-refractivity contribution in [3.05, 3.63) is 53.9 Å². The van der Waals surface area contributed by atoms with E-state index >= 15 is 0 Å². The second-order valence-corrected chi connectivity index (χ2v) is 5.72. The molecule has 0 spiro atoms. The van der Waals surface area contributed by atoms with Crippen molar-refractivity contribution in [2.45, 2.75) is 25.9 Å². The van der Waals surface area contributed by atoms with Crippen molar-refractivity contribution >= 4 is 29.9 Å². The Hall–Kier alpha value is -1.57. The van der Waals surface area contributed by atoms with E-state index in [2.05, 4.69) is 45.0 Å². The highest BCUT2D eigenvalue weighted by atomic mass is 127. The number of hydrogen-bond donors (Lipinski definition) is 2. The normalized spacial score (nSPS) is 14.2. The Morgan fingerprint density at radius 3 is 2.65 bits per heavy atom. The molecule has 1 fully saturated rings. The minimum atomic E-state index is 0. The highest BCUT2D eigenvalue weighted by Crippen LogP contribution is 2.27. The van der Waals surface area contributed by atoms with Gasteiger partial charge in [-0.2, -0.15) is 5.10 Å². The van der Waals surface area contributed by atoms with Crippen LogP contribution in [0.15, 0.2) is 47.7 Å². The van der Waals surface area contributed by atoms with E-state index in [0.29, 0.717) is 0 Å². The zero-order valence-electron chi connectivity index (χ0n) is 13.4. The molecule has 2 aromatic rings. The van der Waals surface area contributed by atoms with E-state index in [9.17, 15) is 0 Å². The number of aromatic nitrogens is 2. The highest BCUT2D eigenvalue weighted by Gasteiger charge is 2.21. The van der Waals surface area contributed by atoms with Gasteiger partial charge >= 0.3 is 0 Å². The number of benzene rings is 1. The quantitative estimate of drug-likeness (QED) is 0.425. The molecule has 0 amide bonds. The molecule has 0 saturated heterocycles. The van der Waals surface area contributed by atoms with Gasteiger partial charge in [-0.15, -0.1) is 24.0 Å². The maximum absolute atomic E-state index is 4.29. The molecule has 0 unspecified atom stereocenters. The van der Waals surface area contributed by atoms with Crippen LogP contribution in [0.4, 0.5) is 0 Å². The van der Waals surface area contributed by atoms with Crippen molar-refractivity contribution in [1.29, 1.82) is 0 Å². The summed E-state index contributed by atoms with van der Waals surface area (Å²) in [5.74, 6) is 1.71. The van der Waals surface area contributed by atoms with Gasteiger partial charge in [-0.25, -0.2) is 0 Å². The summed E-state index contributed by atoms with van der Waals surface area (Å²) < 4.78 is 1.94. The lowest BCUT2D eigenvalue weighted by atomic mass is 10.1. The van der Waals surface area contributed by atoms with E-state index in [0.717, 1.165) is 31.5 Å². The lowest BCUT2D eigenvalue weighted by Crippen LogP contribution is -2.38. The largest absolute Gasteiger partial charge is 0.356 e. The standard InChI is InChI=1S/C17H23N5.HI/c1-18-17(19-11-14-7-8-14)20-12-15-5-2-3-6-16(15)13-22-10-4-9-21-22;/h2-6,9-10,14H,7-8,11-13H2,1H3,(H2,18,19,20);1H. The number of nitrogens with one attached hydrogen (secondary N) is 2. The SMILES string of the molecule is CN=C(NCc1ccccc1Cn1cccn1)NCC1CC1.I. The third kappa shape index (κ3) is 5.53. The van der Waals surface area contributed by atoms with Crippen molar-refractivity contribution in [1.82, 2.24) is 20.4 Å². The van der Waals surface area contributed by atoms with Crippen LogP contribution in [-0.2, 0) is 13.1 Å². The summed E-state index contributed by atoms with van der Waals surface area (Å²) in [6, 6.07) is 10.4. The van der Waals surface area contributed by atoms with E-state index in [1.807, 2.05) is 30.2 Å². The van der Waals surface area contributed by atoms with Crippen LogP contribution in [0.5, 0.6) is 0 Å². The van der Waals surface area contributed by atoms with Crippen LogP contribution < -0.4 is 10.6 Å². The van der Waals surface area contributed by atoms with Crippen LogP contribution in [0.2, 0.25) is 0 Å². The first-order chi connectivity index (χ1) is 10.8. The first-order valence-corrected chi connectivity index (χ1v) is 7.84. The molecule has 1 aromatic carbocycles. The van der Waals surface area contributed by atoms with Crippen LogP contribution in [-0.4, -0.2) is 29.3 Å². The first-order valence-electron chi connectivity index (χ1n) is 7.84. The molecule has 5 nitrogen and oxygen atoms in total. The minimum Gasteiger partial charge on any atom is -0.356 e. The van der Waals surface area contributed by atoms with Gasteiger partial charge in [-0.1, -0.05) is 24.3 Å². The Balaban J connectivity index is 0.00000192. The number of halogens is 1. The van der Waals surface area contributed by atoms with E-state index in [1.54, 1.807) is 0 Å². The smallest absolute Gasteiger partial charge is 0.191 e. The van der Waals surface area contributed by atoms with Crippen LogP contribution in [0.3, 0.4) is 0 Å². The van der Waals surface area contributed by atoms with E-state index in [-0.39, 0.29) is 24.0 Å². The molecular formula is C17H24IN5. The van der Waals surface area contributed by atoms with Gasteiger partial charge in [0.2, 0.25) is 0 Å². The van der Waals surface area contributed by atoms with Crippen molar-refractivity contribution in [3.63, 3.8) is 0 Å². The van der Waals surface area contributed by atoms with Gasteiger partial charge in [-0.05, 0) is 36.0 Å². The molecule has 3 rings (SSSR count). The molecule has 23 heavy (non-hydrogen) atoms. The fourth-order valence-electron chi connectivity index (χ4n) is 2.42. The second-order valence-electron chi connectivity index (χ2n) is 5.72. The summed E-state index contributed by atoms with van der Waals surface area (Å²) in [6.45, 7) is 2.58. The molecule has 1 heterocycles. The fourth-order valence-corrected chi connectivity index (χ4v) is 2.42. The van der Waals surface area contributed by atoms with Crippen LogP contribution in [0.1, 0.15) is 24.0 Å². The molecule has 0 bridgehead atoms. The maximum Gasteiger partial charge on any atom is 0.191 e. The van der Waals surface area contributed by atoms with Crippen molar-refractivity contribution < 1.29 is 0 Å². The topological polar surface area (TPSA) is 54.2 Å². The van der Waals surface area contributed by atoms with Crippen molar-refractivity contribution in [2.75, 3.05) is 13.6 Å². The summed E-state index contributed by atoms with van der Waals surface area (Å²) in [4.78, 5) is 4.29. The number of rotatable bonds is 6. The lowest BCUT2D eigenvalue weighted by molar-refractivity contribution is 0.676. The Bertz CT molecular complexity index is 620. The summed E-state index contributed by atoms with van der Waals surface area (Å²) in [7, 11) is 1.82. The lowest BCUT2D eigenvalue weighted by Gasteiger charge is -2.14. The van der Waals surface area contributed by atoms with Gasteiger partial charge in [0.15, 0.2) is 5.96 Å². The predicted octanol–water partition coefficient (Wildman–Crippen LogP) is 2.62. The minimum absolute atomic E-state index is 0. The fraction of sp³-hybridized carbons (Fsp3) is 0.412. The van der Waals surface area contributed by atoms with Gasteiger partial charge < -0.3 is 10.6 Å². The summed E-state index contributed by atoms with van der Waals surface area (Å²) in [6.07, 6.45) is 6.48. The Morgan fingerprint density at radius 1 is 1.22 bits per heavy atom. The molecule has 1 aromatic heterocycles. The van der Waals surface area contributed by atoms with Crippen molar-refractivity contribution in [3.8, 4) is 0 Å². The van der Waals surface area contributed by atoms with Crippen LogP contribution in [0.25, 0.3) is 0 Å². The Kier molecular flexibility index (Phi) is 6.88. The van der Waals surface area contributed by atoms with Gasteiger partial charge in [0.25, 0.3) is 0 Å². The molecular weight excluding hydrogens is 401 g/mol. The number of aliphatic imine (C=N–C) groups is 1. The van der Waals surface area contributed by atoms with Gasteiger partial charge in [-0.3, -0.25) is 9.67 Å². The third-order valence-electron chi connectivity index (χ3n) is 3.93. The summed E-state index contributed by atoms with van der Waals surface area (Å²) in [5.41, 5.74) is 2.55. The zero-order valence-corrected chi connectivity index (χ0v) is 15.7. The molecule has 1 aliphatic carbocycles. The molecule has 2 N–H and O–H groups in total. The first kappa shape index (κ1) is 17.8. The maximum atomic E-state index is 4.29. The van der Waals surface area contributed by atoms with E-state index < -0.39 is 0 Å². The average molecular weight is 425 g/mol. The number of hydrogen-bond acceptors (Lipinski definition) is 2. The molecule has 0 aliphatic heterocycles. The van der Waals surface area contributed by atoms with Gasteiger partial charge in [0.05, 0.1) is 6.54 Å². The Morgan fingerprint density at radius 2 is 2.00 bits per heavy atom. The third-order valence-corrected chi connectivity index (χ3v) is 3.93. The molecule has 0 atom stereocenters. The average Bonchev–Trinajstić information content (AvgIpc) is 3.24. The number of nitrogens with zero attached hydrogens (tertiary/aromatic N) is 3. The molecule has 1 aliphatic rings. The predicted molar refractivity (Wildman–Crippen MR) is 104 cm³/mol. The zero-order chi connectivity index (χ0) is 15.2. The molecule has 6 heteroatoms. The van der Waals surface area contributed by atoms with Crippen LogP contribution >= 0.6 is 24.0 Å². The van der Waals surface area contributed by atoms with Crippen LogP contribution in [0, 0.1) is 5.92 Å². The molecule has 1 saturated carbocycles. The van der Waals surface area contributed by atoms with Crippen molar-refractivity contribution in [2.24, 2.45) is 10.9 Å². The van der Waals surface area contributed by atoms with E-state index in [4.69, 9.17) is 0 Å². The molecule has 0 radical (unpaired) electrons. The van der Waals surface area contributed by atoms with Gasteiger partial charge in [0, 0.05) is 32.5 Å². The van der Waals surface area contributed by atoms with E-state index in [1.165, 1.54) is 24.0 Å². The van der Waals surface area contributed by atoms with Gasteiger partial charge in [0.1, 0.15) is 0 Å². The second kappa shape index (κ2) is 8.90. The monoisotopic (exact) mass is 425 g/mol. The number of guanidine groups is 1. The summed E-state index contributed by atoms with van der Waals surface area (Å²) in [5, 5.41) is 11.1. The molecule has 124 valence electrons. The highest BCUT2D eigenvalue weighted by molar-refractivity contribution is 14.0.